The Hall–Kier alpha value is -1.80. The number of hydrogen-bond acceptors (Lipinski definition) is 2. The monoisotopic (exact) mass is 283 g/mol. The normalized spacial score (nSPS) is 12.1. The first-order valence-electron chi connectivity index (χ1n) is 7.75. The van der Waals surface area contributed by atoms with E-state index in [9.17, 15) is 0 Å². The molecule has 1 N–H and O–H groups in total. The zero-order chi connectivity index (χ0) is 15.1. The van der Waals surface area contributed by atoms with Gasteiger partial charge in [-0.05, 0) is 37.1 Å². The molecule has 2 rings (SSSR count). The van der Waals surface area contributed by atoms with E-state index in [0.29, 0.717) is 12.6 Å². The molecule has 2 aromatic carbocycles. The van der Waals surface area contributed by atoms with Crippen molar-refractivity contribution in [3.8, 4) is 5.75 Å². The Balaban J connectivity index is 2.15. The fourth-order valence-corrected chi connectivity index (χ4v) is 2.55. The first-order valence-corrected chi connectivity index (χ1v) is 7.75. The van der Waals surface area contributed by atoms with Crippen LogP contribution < -0.4 is 10.1 Å². The molecule has 112 valence electrons. The molecule has 0 radical (unpaired) electrons. The van der Waals surface area contributed by atoms with Gasteiger partial charge in [-0.2, -0.15) is 0 Å². The van der Waals surface area contributed by atoms with E-state index in [-0.39, 0.29) is 0 Å². The summed E-state index contributed by atoms with van der Waals surface area (Å²) in [6, 6.07) is 17.1. The maximum atomic E-state index is 6.09. The lowest BCUT2D eigenvalue weighted by atomic mass is 10.0. The minimum Gasteiger partial charge on any atom is -0.489 e. The summed E-state index contributed by atoms with van der Waals surface area (Å²) in [4.78, 5) is 0. The molecule has 0 aliphatic heterocycles. The summed E-state index contributed by atoms with van der Waals surface area (Å²) in [6.07, 6.45) is 1.05. The van der Waals surface area contributed by atoms with Crippen LogP contribution in [0.4, 0.5) is 0 Å². The van der Waals surface area contributed by atoms with Crippen molar-refractivity contribution < 1.29 is 4.74 Å². The average Bonchev–Trinajstić information content (AvgIpc) is 2.52. The second kappa shape index (κ2) is 7.84. The van der Waals surface area contributed by atoms with Crippen molar-refractivity contribution in [3.05, 3.63) is 65.2 Å². The third-order valence-corrected chi connectivity index (χ3v) is 3.80. The molecule has 0 saturated heterocycles. The van der Waals surface area contributed by atoms with Crippen LogP contribution in [0, 0.1) is 6.92 Å². The fourth-order valence-electron chi connectivity index (χ4n) is 2.55. The van der Waals surface area contributed by atoms with Crippen LogP contribution in [0.15, 0.2) is 48.5 Å². The number of rotatable bonds is 7. The van der Waals surface area contributed by atoms with E-state index in [1.807, 2.05) is 6.07 Å². The molecular formula is C19H25NO. The highest BCUT2D eigenvalue weighted by Crippen LogP contribution is 2.28. The zero-order valence-corrected chi connectivity index (χ0v) is 13.2. The van der Waals surface area contributed by atoms with Crippen LogP contribution in [0.25, 0.3) is 0 Å². The van der Waals surface area contributed by atoms with Crippen molar-refractivity contribution in [2.75, 3.05) is 6.54 Å². The predicted molar refractivity (Wildman–Crippen MR) is 88.7 cm³/mol. The van der Waals surface area contributed by atoms with E-state index < -0.39 is 0 Å². The number of nitrogens with one attached hydrogen (secondary N) is 1. The van der Waals surface area contributed by atoms with Crippen LogP contribution in [-0.4, -0.2) is 6.54 Å². The summed E-state index contributed by atoms with van der Waals surface area (Å²) in [6.45, 7) is 8.04. The molecule has 2 aromatic rings. The first kappa shape index (κ1) is 15.6. The summed E-state index contributed by atoms with van der Waals surface area (Å²) in [5, 5.41) is 3.52. The molecule has 0 aromatic heterocycles. The number of aryl methyl sites for hydroxylation is 1. The van der Waals surface area contributed by atoms with E-state index in [2.05, 4.69) is 68.6 Å². The Kier molecular flexibility index (Phi) is 5.82. The van der Waals surface area contributed by atoms with Gasteiger partial charge in [0.1, 0.15) is 12.4 Å². The number of hydrogen-bond donors (Lipinski definition) is 1. The van der Waals surface area contributed by atoms with Crippen molar-refractivity contribution in [1.29, 1.82) is 0 Å². The van der Waals surface area contributed by atoms with Crippen LogP contribution >= 0.6 is 0 Å². The lowest BCUT2D eigenvalue weighted by molar-refractivity contribution is 0.298. The summed E-state index contributed by atoms with van der Waals surface area (Å²) >= 11 is 0. The van der Waals surface area contributed by atoms with Gasteiger partial charge in [0.15, 0.2) is 0 Å². The Labute approximate surface area is 128 Å². The van der Waals surface area contributed by atoms with Crippen LogP contribution in [0.2, 0.25) is 0 Å². The maximum absolute atomic E-state index is 6.09. The van der Waals surface area contributed by atoms with Crippen molar-refractivity contribution in [1.82, 2.24) is 5.32 Å². The molecule has 1 unspecified atom stereocenters. The van der Waals surface area contributed by atoms with E-state index in [1.165, 1.54) is 16.7 Å². The average molecular weight is 283 g/mol. The van der Waals surface area contributed by atoms with Gasteiger partial charge in [-0.25, -0.2) is 0 Å². The van der Waals surface area contributed by atoms with E-state index in [4.69, 9.17) is 4.74 Å². The molecule has 21 heavy (non-hydrogen) atoms. The molecular weight excluding hydrogens is 258 g/mol. The van der Waals surface area contributed by atoms with Gasteiger partial charge in [-0.3, -0.25) is 0 Å². The fraction of sp³-hybridized carbons (Fsp3) is 0.368. The van der Waals surface area contributed by atoms with Gasteiger partial charge in [0, 0.05) is 11.6 Å². The highest BCUT2D eigenvalue weighted by Gasteiger charge is 2.13. The van der Waals surface area contributed by atoms with Crippen LogP contribution in [0.3, 0.4) is 0 Å². The SMILES string of the molecule is CCNC(CC)c1ccccc1OCc1ccccc1C. The molecule has 0 heterocycles. The van der Waals surface area contributed by atoms with Crippen molar-refractivity contribution in [2.45, 2.75) is 39.8 Å². The Bertz CT molecular complexity index is 565. The first-order chi connectivity index (χ1) is 10.3. The lowest BCUT2D eigenvalue weighted by Crippen LogP contribution is -2.20. The number of ether oxygens (including phenoxy) is 1. The molecule has 0 aliphatic carbocycles. The Morgan fingerprint density at radius 3 is 2.43 bits per heavy atom. The molecule has 2 nitrogen and oxygen atoms in total. The van der Waals surface area contributed by atoms with E-state index >= 15 is 0 Å². The predicted octanol–water partition coefficient (Wildman–Crippen LogP) is 4.63. The summed E-state index contributed by atoms with van der Waals surface area (Å²) in [5.74, 6) is 0.980. The van der Waals surface area contributed by atoms with Crippen molar-refractivity contribution in [2.24, 2.45) is 0 Å². The van der Waals surface area contributed by atoms with Gasteiger partial charge in [-0.15, -0.1) is 0 Å². The molecule has 0 spiro atoms. The lowest BCUT2D eigenvalue weighted by Gasteiger charge is -2.20. The highest BCUT2D eigenvalue weighted by atomic mass is 16.5. The van der Waals surface area contributed by atoms with Crippen LogP contribution in [0.1, 0.15) is 43.0 Å². The van der Waals surface area contributed by atoms with Crippen molar-refractivity contribution >= 4 is 0 Å². The quantitative estimate of drug-likeness (QED) is 0.799. The second-order valence-electron chi connectivity index (χ2n) is 5.27. The zero-order valence-electron chi connectivity index (χ0n) is 13.2. The van der Waals surface area contributed by atoms with Crippen LogP contribution in [0.5, 0.6) is 5.75 Å². The van der Waals surface area contributed by atoms with Crippen molar-refractivity contribution in [3.63, 3.8) is 0 Å². The Morgan fingerprint density at radius 1 is 1.00 bits per heavy atom. The molecule has 0 fully saturated rings. The minimum absolute atomic E-state index is 0.350. The summed E-state index contributed by atoms with van der Waals surface area (Å²) in [5.41, 5.74) is 3.76. The molecule has 0 saturated carbocycles. The Morgan fingerprint density at radius 2 is 1.71 bits per heavy atom. The molecule has 0 amide bonds. The second-order valence-corrected chi connectivity index (χ2v) is 5.27. The minimum atomic E-state index is 0.350. The third kappa shape index (κ3) is 4.08. The highest BCUT2D eigenvalue weighted by molar-refractivity contribution is 5.36. The van der Waals surface area contributed by atoms with Gasteiger partial charge >= 0.3 is 0 Å². The molecule has 0 bridgehead atoms. The number of benzene rings is 2. The maximum Gasteiger partial charge on any atom is 0.124 e. The van der Waals surface area contributed by atoms with E-state index in [0.717, 1.165) is 18.7 Å². The third-order valence-electron chi connectivity index (χ3n) is 3.80. The van der Waals surface area contributed by atoms with Crippen LogP contribution in [-0.2, 0) is 6.61 Å². The van der Waals surface area contributed by atoms with Gasteiger partial charge < -0.3 is 10.1 Å². The van der Waals surface area contributed by atoms with Gasteiger partial charge in [0.05, 0.1) is 0 Å². The molecule has 1 atom stereocenters. The van der Waals surface area contributed by atoms with Gasteiger partial charge in [-0.1, -0.05) is 56.3 Å². The van der Waals surface area contributed by atoms with E-state index in [1.54, 1.807) is 0 Å². The summed E-state index contributed by atoms with van der Waals surface area (Å²) in [7, 11) is 0. The van der Waals surface area contributed by atoms with Gasteiger partial charge in [0.25, 0.3) is 0 Å². The molecule has 0 aliphatic rings. The smallest absolute Gasteiger partial charge is 0.124 e. The summed E-state index contributed by atoms with van der Waals surface area (Å²) < 4.78 is 6.09. The number of para-hydroxylation sites is 1. The van der Waals surface area contributed by atoms with Gasteiger partial charge in [0.2, 0.25) is 0 Å². The molecule has 2 heteroatoms. The standard InChI is InChI=1S/C19H25NO/c1-4-18(20-5-2)17-12-8-9-13-19(17)21-14-16-11-7-6-10-15(16)3/h6-13,18,20H,4-5,14H2,1-3H3. The largest absolute Gasteiger partial charge is 0.489 e. The topological polar surface area (TPSA) is 21.3 Å².